The van der Waals surface area contributed by atoms with E-state index in [4.69, 9.17) is 0 Å². The fourth-order valence-corrected chi connectivity index (χ4v) is 1.69. The summed E-state index contributed by atoms with van der Waals surface area (Å²) in [4.78, 5) is 8.72. The molecule has 0 unspecified atom stereocenters. The summed E-state index contributed by atoms with van der Waals surface area (Å²) in [6.07, 6.45) is 3.05. The zero-order chi connectivity index (χ0) is 12.3. The summed E-state index contributed by atoms with van der Waals surface area (Å²) >= 11 is 0. The first-order chi connectivity index (χ1) is 8.17. The van der Waals surface area contributed by atoms with Crippen LogP contribution in [-0.2, 0) is 0 Å². The molecule has 3 N–H and O–H groups in total. The molecule has 1 fully saturated rings. The molecular formula is C12H20N4O. The van der Waals surface area contributed by atoms with E-state index < -0.39 is 0 Å². The Hall–Kier alpha value is -1.36. The predicted molar refractivity (Wildman–Crippen MR) is 68.2 cm³/mol. The van der Waals surface area contributed by atoms with E-state index in [1.54, 1.807) is 0 Å². The molecule has 0 amide bonds. The van der Waals surface area contributed by atoms with Gasteiger partial charge in [0.15, 0.2) is 0 Å². The van der Waals surface area contributed by atoms with E-state index in [-0.39, 0.29) is 12.1 Å². The van der Waals surface area contributed by atoms with E-state index in [0.29, 0.717) is 5.95 Å². The standard InChI is InChI=1S/C12H20N4O/c1-3-6-13-11-14-9(2)7-10(15-11)16-12(8-17)4-5-12/h7,17H,3-6,8H2,1-2H3,(H2,13,14,15,16). The van der Waals surface area contributed by atoms with Crippen LogP contribution in [0.3, 0.4) is 0 Å². The summed E-state index contributed by atoms with van der Waals surface area (Å²) in [7, 11) is 0. The fraction of sp³-hybridized carbons (Fsp3) is 0.667. The molecule has 0 saturated heterocycles. The summed E-state index contributed by atoms with van der Waals surface area (Å²) in [6.45, 7) is 5.08. The molecule has 1 heterocycles. The van der Waals surface area contributed by atoms with Crippen LogP contribution in [0.25, 0.3) is 0 Å². The van der Waals surface area contributed by atoms with Crippen molar-refractivity contribution in [3.8, 4) is 0 Å². The Bertz CT molecular complexity index is 390. The lowest BCUT2D eigenvalue weighted by Gasteiger charge is -2.16. The van der Waals surface area contributed by atoms with Gasteiger partial charge >= 0.3 is 0 Å². The lowest BCUT2D eigenvalue weighted by molar-refractivity contribution is 0.266. The summed E-state index contributed by atoms with van der Waals surface area (Å²) < 4.78 is 0. The largest absolute Gasteiger partial charge is 0.394 e. The molecule has 0 bridgehead atoms. The average Bonchev–Trinajstić information content (AvgIpc) is 3.06. The highest BCUT2D eigenvalue weighted by Gasteiger charge is 2.42. The predicted octanol–water partition coefficient (Wildman–Crippen LogP) is 1.54. The van der Waals surface area contributed by atoms with Gasteiger partial charge in [0.05, 0.1) is 12.1 Å². The smallest absolute Gasteiger partial charge is 0.224 e. The molecule has 0 spiro atoms. The molecule has 1 aliphatic rings. The van der Waals surface area contributed by atoms with E-state index in [2.05, 4.69) is 27.5 Å². The molecule has 1 aromatic rings. The van der Waals surface area contributed by atoms with E-state index >= 15 is 0 Å². The number of anilines is 2. The average molecular weight is 236 g/mol. The highest BCUT2D eigenvalue weighted by Crippen LogP contribution is 2.37. The first-order valence-corrected chi connectivity index (χ1v) is 6.16. The van der Waals surface area contributed by atoms with Gasteiger partial charge in [-0.15, -0.1) is 0 Å². The van der Waals surface area contributed by atoms with Crippen molar-refractivity contribution >= 4 is 11.8 Å². The van der Waals surface area contributed by atoms with Gasteiger partial charge in [-0.05, 0) is 26.2 Å². The van der Waals surface area contributed by atoms with Gasteiger partial charge in [0.25, 0.3) is 0 Å². The number of nitrogens with zero attached hydrogens (tertiary/aromatic N) is 2. The zero-order valence-corrected chi connectivity index (χ0v) is 10.5. The molecule has 1 aromatic heterocycles. The molecule has 94 valence electrons. The van der Waals surface area contributed by atoms with Crippen LogP contribution in [0.15, 0.2) is 6.07 Å². The zero-order valence-electron chi connectivity index (χ0n) is 10.5. The Labute approximate surface area is 102 Å². The quantitative estimate of drug-likeness (QED) is 0.699. The lowest BCUT2D eigenvalue weighted by Crippen LogP contribution is -2.26. The van der Waals surface area contributed by atoms with Crippen molar-refractivity contribution in [2.75, 3.05) is 23.8 Å². The van der Waals surface area contributed by atoms with Crippen LogP contribution in [0.2, 0.25) is 0 Å². The SMILES string of the molecule is CCCNc1nc(C)cc(NC2(CO)CC2)n1. The molecule has 0 aliphatic heterocycles. The Kier molecular flexibility index (Phi) is 3.47. The highest BCUT2D eigenvalue weighted by molar-refractivity contribution is 5.45. The second kappa shape index (κ2) is 4.87. The topological polar surface area (TPSA) is 70.1 Å². The van der Waals surface area contributed by atoms with Crippen LogP contribution in [0.5, 0.6) is 0 Å². The first kappa shape index (κ1) is 12.1. The Morgan fingerprint density at radius 3 is 2.76 bits per heavy atom. The molecule has 0 atom stereocenters. The third-order valence-corrected chi connectivity index (χ3v) is 2.94. The van der Waals surface area contributed by atoms with Crippen molar-refractivity contribution in [1.29, 1.82) is 0 Å². The first-order valence-electron chi connectivity index (χ1n) is 6.16. The van der Waals surface area contributed by atoms with E-state index in [0.717, 1.165) is 37.3 Å². The van der Waals surface area contributed by atoms with Crippen LogP contribution >= 0.6 is 0 Å². The van der Waals surface area contributed by atoms with Gasteiger partial charge in [0.1, 0.15) is 5.82 Å². The molecule has 5 heteroatoms. The monoisotopic (exact) mass is 236 g/mol. The summed E-state index contributed by atoms with van der Waals surface area (Å²) in [5, 5.41) is 15.7. The van der Waals surface area contributed by atoms with Gasteiger partial charge in [-0.25, -0.2) is 4.98 Å². The second-order valence-corrected chi connectivity index (χ2v) is 4.71. The van der Waals surface area contributed by atoms with Gasteiger partial charge in [-0.2, -0.15) is 4.98 Å². The van der Waals surface area contributed by atoms with Crippen molar-refractivity contribution in [2.24, 2.45) is 0 Å². The minimum Gasteiger partial charge on any atom is -0.394 e. The Balaban J connectivity index is 2.08. The van der Waals surface area contributed by atoms with E-state index in [1.807, 2.05) is 13.0 Å². The number of hydrogen-bond acceptors (Lipinski definition) is 5. The van der Waals surface area contributed by atoms with Crippen LogP contribution in [0, 0.1) is 6.92 Å². The second-order valence-electron chi connectivity index (χ2n) is 4.71. The van der Waals surface area contributed by atoms with Crippen molar-refractivity contribution in [2.45, 2.75) is 38.6 Å². The van der Waals surface area contributed by atoms with Gasteiger partial charge in [0, 0.05) is 18.3 Å². The maximum Gasteiger partial charge on any atom is 0.224 e. The van der Waals surface area contributed by atoms with Crippen LogP contribution in [0.4, 0.5) is 11.8 Å². The van der Waals surface area contributed by atoms with Gasteiger partial charge in [-0.3, -0.25) is 0 Å². The number of aliphatic hydroxyl groups is 1. The number of rotatable bonds is 6. The third kappa shape index (κ3) is 3.06. The molecule has 2 rings (SSSR count). The minimum atomic E-state index is -0.136. The van der Waals surface area contributed by atoms with Crippen molar-refractivity contribution in [3.05, 3.63) is 11.8 Å². The molecule has 1 aliphatic carbocycles. The molecule has 1 saturated carbocycles. The van der Waals surface area contributed by atoms with Crippen LogP contribution in [0.1, 0.15) is 31.9 Å². The number of aliphatic hydroxyl groups excluding tert-OH is 1. The minimum absolute atomic E-state index is 0.136. The highest BCUT2D eigenvalue weighted by atomic mass is 16.3. The molecule has 0 aromatic carbocycles. The van der Waals surface area contributed by atoms with Crippen LogP contribution in [-0.4, -0.2) is 33.8 Å². The number of aromatic nitrogens is 2. The van der Waals surface area contributed by atoms with Crippen LogP contribution < -0.4 is 10.6 Å². The van der Waals surface area contributed by atoms with Gasteiger partial charge < -0.3 is 15.7 Å². The summed E-state index contributed by atoms with van der Waals surface area (Å²) in [5.41, 5.74) is 0.790. The number of aryl methyl sites for hydroxylation is 1. The molecule has 0 radical (unpaired) electrons. The maximum atomic E-state index is 9.28. The molecule has 17 heavy (non-hydrogen) atoms. The van der Waals surface area contributed by atoms with Gasteiger partial charge in [-0.1, -0.05) is 6.92 Å². The summed E-state index contributed by atoms with van der Waals surface area (Å²) in [5.74, 6) is 1.45. The van der Waals surface area contributed by atoms with E-state index in [1.165, 1.54) is 0 Å². The van der Waals surface area contributed by atoms with Crippen molar-refractivity contribution < 1.29 is 5.11 Å². The van der Waals surface area contributed by atoms with Crippen molar-refractivity contribution in [1.82, 2.24) is 9.97 Å². The Morgan fingerprint density at radius 1 is 1.41 bits per heavy atom. The third-order valence-electron chi connectivity index (χ3n) is 2.94. The number of nitrogens with one attached hydrogen (secondary N) is 2. The molecular weight excluding hydrogens is 216 g/mol. The summed E-state index contributed by atoms with van der Waals surface area (Å²) in [6, 6.07) is 1.91. The molecule has 5 nitrogen and oxygen atoms in total. The van der Waals surface area contributed by atoms with Gasteiger partial charge in [0.2, 0.25) is 5.95 Å². The fourth-order valence-electron chi connectivity index (χ4n) is 1.69. The van der Waals surface area contributed by atoms with Crippen molar-refractivity contribution in [3.63, 3.8) is 0 Å². The number of hydrogen-bond donors (Lipinski definition) is 3. The lowest BCUT2D eigenvalue weighted by atomic mass is 10.3. The van der Waals surface area contributed by atoms with E-state index in [9.17, 15) is 5.11 Å². The maximum absolute atomic E-state index is 9.28. The normalized spacial score (nSPS) is 16.6. The Morgan fingerprint density at radius 2 is 2.18 bits per heavy atom.